The van der Waals surface area contributed by atoms with Gasteiger partial charge >= 0.3 is 0 Å². The van der Waals surface area contributed by atoms with E-state index in [0.29, 0.717) is 6.04 Å². The van der Waals surface area contributed by atoms with Crippen LogP contribution in [0.4, 0.5) is 0 Å². The zero-order valence-electron chi connectivity index (χ0n) is 16.5. The Hall–Kier alpha value is -1.56. The Morgan fingerprint density at radius 3 is 2.68 bits per heavy atom. The number of nitrogens with zero attached hydrogens (tertiary/aromatic N) is 4. The van der Waals surface area contributed by atoms with E-state index in [9.17, 15) is 0 Å². The third kappa shape index (κ3) is 7.06. The predicted octanol–water partition coefficient (Wildman–Crippen LogP) is 2.26. The van der Waals surface area contributed by atoms with Crippen LogP contribution in [0.3, 0.4) is 0 Å². The number of likely N-dealkylation sites (tertiary alicyclic amines) is 1. The number of unbranched alkanes of at least 4 members (excludes halogenated alkanes) is 1. The molecule has 25 heavy (non-hydrogen) atoms. The lowest BCUT2D eigenvalue weighted by Crippen LogP contribution is -2.49. The van der Waals surface area contributed by atoms with E-state index in [0.717, 1.165) is 43.6 Å². The topological polar surface area (TPSA) is 57.5 Å². The van der Waals surface area contributed by atoms with E-state index < -0.39 is 0 Å². The number of hydrogen-bond acceptors (Lipinski definition) is 3. The third-order valence-electron chi connectivity index (χ3n) is 4.82. The smallest absolute Gasteiger partial charge is 0.191 e. The summed E-state index contributed by atoms with van der Waals surface area (Å²) in [5, 5.41) is 7.05. The number of aryl methyl sites for hydroxylation is 2. The van der Waals surface area contributed by atoms with Gasteiger partial charge in [0.15, 0.2) is 5.96 Å². The summed E-state index contributed by atoms with van der Waals surface area (Å²) < 4.78 is 2.21. The Balaban J connectivity index is 1.59. The highest BCUT2D eigenvalue weighted by Gasteiger charge is 2.20. The van der Waals surface area contributed by atoms with E-state index in [-0.39, 0.29) is 0 Å². The van der Waals surface area contributed by atoms with Crippen LogP contribution in [0.15, 0.2) is 17.4 Å². The SMILES string of the molecule is CN=C(NCCCCn1ccnc1C)NC1CCN(CC(C)C)CC1. The Kier molecular flexibility index (Phi) is 8.25. The largest absolute Gasteiger partial charge is 0.356 e. The molecule has 2 heterocycles. The van der Waals surface area contributed by atoms with Gasteiger partial charge in [-0.1, -0.05) is 13.8 Å². The minimum Gasteiger partial charge on any atom is -0.356 e. The Morgan fingerprint density at radius 1 is 1.32 bits per heavy atom. The fraction of sp³-hybridized carbons (Fsp3) is 0.789. The molecule has 0 spiro atoms. The van der Waals surface area contributed by atoms with Gasteiger partial charge in [0.2, 0.25) is 0 Å². The maximum Gasteiger partial charge on any atom is 0.191 e. The van der Waals surface area contributed by atoms with Crippen molar-refractivity contribution in [3.05, 3.63) is 18.2 Å². The molecule has 6 nitrogen and oxygen atoms in total. The van der Waals surface area contributed by atoms with Crippen LogP contribution in [-0.4, -0.2) is 59.7 Å². The van der Waals surface area contributed by atoms with Gasteiger partial charge in [0.25, 0.3) is 0 Å². The highest BCUT2D eigenvalue weighted by atomic mass is 15.2. The van der Waals surface area contributed by atoms with Crippen molar-refractivity contribution in [2.45, 2.75) is 59.0 Å². The molecule has 1 aromatic rings. The lowest BCUT2D eigenvalue weighted by molar-refractivity contribution is 0.187. The van der Waals surface area contributed by atoms with Gasteiger partial charge in [-0.25, -0.2) is 4.98 Å². The molecule has 0 aromatic carbocycles. The second-order valence-corrected chi connectivity index (χ2v) is 7.49. The fourth-order valence-corrected chi connectivity index (χ4v) is 3.42. The molecular formula is C19H36N6. The molecule has 0 atom stereocenters. The van der Waals surface area contributed by atoms with Gasteiger partial charge in [0.1, 0.15) is 5.82 Å². The minimum atomic E-state index is 0.545. The molecule has 0 amide bonds. The Morgan fingerprint density at radius 2 is 2.08 bits per heavy atom. The molecule has 2 N–H and O–H groups in total. The molecule has 0 unspecified atom stereocenters. The molecule has 1 aromatic heterocycles. The van der Waals surface area contributed by atoms with Crippen molar-refractivity contribution >= 4 is 5.96 Å². The number of aliphatic imine (C=N–C) groups is 1. The molecular weight excluding hydrogens is 312 g/mol. The van der Waals surface area contributed by atoms with Crippen molar-refractivity contribution in [1.29, 1.82) is 0 Å². The van der Waals surface area contributed by atoms with Gasteiger partial charge in [0, 0.05) is 58.2 Å². The highest BCUT2D eigenvalue weighted by Crippen LogP contribution is 2.12. The average molecular weight is 349 g/mol. The van der Waals surface area contributed by atoms with E-state index in [1.807, 2.05) is 13.2 Å². The molecule has 0 radical (unpaired) electrons. The molecule has 1 fully saturated rings. The van der Waals surface area contributed by atoms with Crippen LogP contribution in [-0.2, 0) is 6.54 Å². The number of nitrogens with one attached hydrogen (secondary N) is 2. The van der Waals surface area contributed by atoms with Crippen molar-refractivity contribution in [1.82, 2.24) is 25.1 Å². The van der Waals surface area contributed by atoms with E-state index >= 15 is 0 Å². The first-order valence-corrected chi connectivity index (χ1v) is 9.75. The van der Waals surface area contributed by atoms with Crippen LogP contribution in [0.25, 0.3) is 0 Å². The van der Waals surface area contributed by atoms with Crippen molar-refractivity contribution in [3.8, 4) is 0 Å². The first-order valence-electron chi connectivity index (χ1n) is 9.75. The van der Waals surface area contributed by atoms with Crippen molar-refractivity contribution in [3.63, 3.8) is 0 Å². The first kappa shape index (κ1) is 19.8. The third-order valence-corrected chi connectivity index (χ3v) is 4.82. The number of guanidine groups is 1. The number of rotatable bonds is 8. The zero-order valence-corrected chi connectivity index (χ0v) is 16.5. The van der Waals surface area contributed by atoms with Crippen LogP contribution in [0.1, 0.15) is 45.4 Å². The second kappa shape index (κ2) is 10.4. The number of piperidine rings is 1. The monoisotopic (exact) mass is 348 g/mol. The maximum atomic E-state index is 4.38. The summed E-state index contributed by atoms with van der Waals surface area (Å²) in [6, 6.07) is 0.545. The Labute approximate surface area is 153 Å². The van der Waals surface area contributed by atoms with Crippen LogP contribution >= 0.6 is 0 Å². The first-order chi connectivity index (χ1) is 12.1. The van der Waals surface area contributed by atoms with Gasteiger partial charge in [-0.05, 0) is 38.5 Å². The van der Waals surface area contributed by atoms with Crippen LogP contribution in [0.2, 0.25) is 0 Å². The van der Waals surface area contributed by atoms with E-state index in [2.05, 4.69) is 57.0 Å². The van der Waals surface area contributed by atoms with Gasteiger partial charge in [-0.2, -0.15) is 0 Å². The van der Waals surface area contributed by atoms with Gasteiger partial charge in [-0.15, -0.1) is 0 Å². The average Bonchev–Trinajstić information content (AvgIpc) is 2.99. The van der Waals surface area contributed by atoms with Gasteiger partial charge < -0.3 is 20.1 Å². The summed E-state index contributed by atoms with van der Waals surface area (Å²) >= 11 is 0. The highest BCUT2D eigenvalue weighted by molar-refractivity contribution is 5.79. The number of aromatic nitrogens is 2. The molecule has 2 rings (SSSR count). The van der Waals surface area contributed by atoms with Crippen molar-refractivity contribution < 1.29 is 0 Å². The van der Waals surface area contributed by atoms with Crippen LogP contribution in [0, 0.1) is 12.8 Å². The fourth-order valence-electron chi connectivity index (χ4n) is 3.42. The van der Waals surface area contributed by atoms with Crippen LogP contribution in [0.5, 0.6) is 0 Å². The lowest BCUT2D eigenvalue weighted by atomic mass is 10.0. The van der Waals surface area contributed by atoms with Crippen LogP contribution < -0.4 is 10.6 Å². The molecule has 0 bridgehead atoms. The summed E-state index contributed by atoms with van der Waals surface area (Å²) in [6.07, 6.45) is 8.60. The summed E-state index contributed by atoms with van der Waals surface area (Å²) in [5.74, 6) is 2.79. The molecule has 6 heteroatoms. The molecule has 0 saturated carbocycles. The predicted molar refractivity (Wildman–Crippen MR) is 105 cm³/mol. The van der Waals surface area contributed by atoms with Gasteiger partial charge in [0.05, 0.1) is 0 Å². The molecule has 1 aliphatic heterocycles. The summed E-state index contributed by atoms with van der Waals surface area (Å²) in [4.78, 5) is 11.2. The second-order valence-electron chi connectivity index (χ2n) is 7.49. The lowest BCUT2D eigenvalue weighted by Gasteiger charge is -2.34. The van der Waals surface area contributed by atoms with E-state index in [4.69, 9.17) is 0 Å². The minimum absolute atomic E-state index is 0.545. The number of imidazole rings is 1. The summed E-state index contributed by atoms with van der Waals surface area (Å²) in [6.45, 7) is 12.2. The summed E-state index contributed by atoms with van der Waals surface area (Å²) in [7, 11) is 1.86. The molecule has 1 saturated heterocycles. The van der Waals surface area contributed by atoms with Crippen molar-refractivity contribution in [2.75, 3.05) is 33.2 Å². The summed E-state index contributed by atoms with van der Waals surface area (Å²) in [5.41, 5.74) is 0. The van der Waals surface area contributed by atoms with Gasteiger partial charge in [-0.3, -0.25) is 4.99 Å². The number of hydrogen-bond donors (Lipinski definition) is 2. The quantitative estimate of drug-likeness (QED) is 0.430. The molecule has 142 valence electrons. The normalized spacial score (nSPS) is 17.2. The van der Waals surface area contributed by atoms with E-state index in [1.165, 1.54) is 32.5 Å². The standard InChI is InChI=1S/C19H36N6/c1-16(2)15-24-12-7-18(8-13-24)23-19(20-4)22-9-5-6-11-25-14-10-21-17(25)3/h10,14,16,18H,5-9,11-13,15H2,1-4H3,(H2,20,22,23). The molecule has 0 aliphatic carbocycles. The molecule has 1 aliphatic rings. The van der Waals surface area contributed by atoms with E-state index in [1.54, 1.807) is 0 Å². The maximum absolute atomic E-state index is 4.38. The Bertz CT molecular complexity index is 514. The van der Waals surface area contributed by atoms with Crippen molar-refractivity contribution in [2.24, 2.45) is 10.9 Å². The zero-order chi connectivity index (χ0) is 18.1.